The molecule has 128 valence electrons. The standard InChI is InChI=1S/C17H17F3N2OS/c18-17(19,20)13-3-1-4-14(11-13)21-6-8-22(9-7-21)16(23)12-15-5-2-10-24-15/h1-5,10-11H,6-9,12H2. The number of thiophene rings is 1. The predicted molar refractivity (Wildman–Crippen MR) is 88.3 cm³/mol. The summed E-state index contributed by atoms with van der Waals surface area (Å²) in [5.74, 6) is 0.0705. The van der Waals surface area contributed by atoms with Crippen molar-refractivity contribution in [3.63, 3.8) is 0 Å². The number of benzene rings is 1. The molecule has 0 saturated carbocycles. The highest BCUT2D eigenvalue weighted by atomic mass is 32.1. The third-order valence-corrected chi connectivity index (χ3v) is 4.95. The van der Waals surface area contributed by atoms with E-state index in [1.165, 1.54) is 12.1 Å². The number of nitrogens with zero attached hydrogens (tertiary/aromatic N) is 2. The lowest BCUT2D eigenvalue weighted by Crippen LogP contribution is -2.49. The molecule has 0 N–H and O–H groups in total. The van der Waals surface area contributed by atoms with Crippen molar-refractivity contribution in [1.82, 2.24) is 4.90 Å². The highest BCUT2D eigenvalue weighted by molar-refractivity contribution is 7.10. The van der Waals surface area contributed by atoms with Gasteiger partial charge in [0, 0.05) is 36.7 Å². The van der Waals surface area contributed by atoms with E-state index in [-0.39, 0.29) is 5.91 Å². The van der Waals surface area contributed by atoms with Crippen LogP contribution in [0.4, 0.5) is 18.9 Å². The van der Waals surface area contributed by atoms with E-state index in [1.54, 1.807) is 22.3 Å². The minimum Gasteiger partial charge on any atom is -0.368 e. The lowest BCUT2D eigenvalue weighted by atomic mass is 10.1. The molecule has 3 rings (SSSR count). The van der Waals surface area contributed by atoms with Crippen molar-refractivity contribution >= 4 is 22.9 Å². The first-order chi connectivity index (χ1) is 11.4. The summed E-state index contributed by atoms with van der Waals surface area (Å²) in [7, 11) is 0. The molecule has 0 aliphatic carbocycles. The van der Waals surface area contributed by atoms with Gasteiger partial charge in [0.25, 0.3) is 0 Å². The first kappa shape index (κ1) is 16.8. The van der Waals surface area contributed by atoms with E-state index < -0.39 is 11.7 Å². The lowest BCUT2D eigenvalue weighted by molar-refractivity contribution is -0.137. The zero-order chi connectivity index (χ0) is 17.2. The smallest absolute Gasteiger partial charge is 0.368 e. The van der Waals surface area contributed by atoms with E-state index in [0.29, 0.717) is 38.3 Å². The lowest BCUT2D eigenvalue weighted by Gasteiger charge is -2.36. The van der Waals surface area contributed by atoms with Crippen LogP contribution >= 0.6 is 11.3 Å². The van der Waals surface area contributed by atoms with Crippen LogP contribution in [0.2, 0.25) is 0 Å². The summed E-state index contributed by atoms with van der Waals surface area (Å²) >= 11 is 1.55. The van der Waals surface area contributed by atoms with Crippen LogP contribution in [0.3, 0.4) is 0 Å². The van der Waals surface area contributed by atoms with Crippen molar-refractivity contribution in [2.75, 3.05) is 31.1 Å². The zero-order valence-electron chi connectivity index (χ0n) is 12.9. The second-order valence-corrected chi connectivity index (χ2v) is 6.70. The number of halogens is 3. The Morgan fingerprint density at radius 3 is 2.46 bits per heavy atom. The van der Waals surface area contributed by atoms with Crippen LogP contribution < -0.4 is 4.90 Å². The largest absolute Gasteiger partial charge is 0.416 e. The maximum absolute atomic E-state index is 12.8. The molecular weight excluding hydrogens is 337 g/mol. The monoisotopic (exact) mass is 354 g/mol. The quantitative estimate of drug-likeness (QED) is 0.840. The van der Waals surface area contributed by atoms with Crippen molar-refractivity contribution in [3.8, 4) is 0 Å². The van der Waals surface area contributed by atoms with E-state index in [4.69, 9.17) is 0 Å². The highest BCUT2D eigenvalue weighted by Crippen LogP contribution is 2.31. The van der Waals surface area contributed by atoms with Gasteiger partial charge in [-0.05, 0) is 29.6 Å². The summed E-state index contributed by atoms with van der Waals surface area (Å²) in [6.45, 7) is 2.13. The molecule has 3 nitrogen and oxygen atoms in total. The molecule has 1 aliphatic heterocycles. The predicted octanol–water partition coefficient (Wildman–Crippen LogP) is 3.66. The van der Waals surface area contributed by atoms with Crippen molar-refractivity contribution in [1.29, 1.82) is 0 Å². The Morgan fingerprint density at radius 2 is 1.83 bits per heavy atom. The van der Waals surface area contributed by atoms with E-state index in [1.807, 2.05) is 22.4 Å². The van der Waals surface area contributed by atoms with Gasteiger partial charge in [-0.3, -0.25) is 4.79 Å². The molecule has 1 aliphatic rings. The number of piperazine rings is 1. The molecule has 0 atom stereocenters. The van der Waals surface area contributed by atoms with Gasteiger partial charge in [0.2, 0.25) is 5.91 Å². The fourth-order valence-electron chi connectivity index (χ4n) is 2.77. The Balaban J connectivity index is 1.60. The average Bonchev–Trinajstić information content (AvgIpc) is 3.07. The van der Waals surface area contributed by atoms with Gasteiger partial charge in [0.15, 0.2) is 0 Å². The summed E-state index contributed by atoms with van der Waals surface area (Å²) in [5, 5.41) is 1.94. The average molecular weight is 354 g/mol. The molecule has 1 aromatic heterocycles. The van der Waals surface area contributed by atoms with Crippen LogP contribution in [0.1, 0.15) is 10.4 Å². The van der Waals surface area contributed by atoms with Gasteiger partial charge < -0.3 is 9.80 Å². The molecule has 1 fully saturated rings. The second-order valence-electron chi connectivity index (χ2n) is 5.67. The minimum atomic E-state index is -4.34. The van der Waals surface area contributed by atoms with Gasteiger partial charge in [-0.1, -0.05) is 12.1 Å². The number of carbonyl (C=O) groups excluding carboxylic acids is 1. The molecule has 1 saturated heterocycles. The SMILES string of the molecule is O=C(Cc1cccs1)N1CCN(c2cccc(C(F)(F)F)c2)CC1. The first-order valence-electron chi connectivity index (χ1n) is 7.66. The first-order valence-corrected chi connectivity index (χ1v) is 8.54. The molecule has 24 heavy (non-hydrogen) atoms. The Labute approximate surface area is 142 Å². The van der Waals surface area contributed by atoms with Gasteiger partial charge in [0.05, 0.1) is 12.0 Å². The summed E-state index contributed by atoms with van der Waals surface area (Å²) in [5.41, 5.74) is -0.0913. The molecule has 1 aromatic carbocycles. The fraction of sp³-hybridized carbons (Fsp3) is 0.353. The Kier molecular flexibility index (Phi) is 4.80. The van der Waals surface area contributed by atoms with Gasteiger partial charge >= 0.3 is 6.18 Å². The highest BCUT2D eigenvalue weighted by Gasteiger charge is 2.31. The number of alkyl halides is 3. The van der Waals surface area contributed by atoms with Crippen molar-refractivity contribution in [2.24, 2.45) is 0 Å². The summed E-state index contributed by atoms with van der Waals surface area (Å²) < 4.78 is 38.4. The number of rotatable bonds is 3. The summed E-state index contributed by atoms with van der Waals surface area (Å²) in [6, 6.07) is 9.19. The van der Waals surface area contributed by atoms with Crippen LogP contribution in [-0.2, 0) is 17.4 Å². The second kappa shape index (κ2) is 6.84. The number of carbonyl (C=O) groups is 1. The Morgan fingerprint density at radius 1 is 1.08 bits per heavy atom. The molecule has 0 spiro atoms. The van der Waals surface area contributed by atoms with Crippen LogP contribution in [0.15, 0.2) is 41.8 Å². The fourth-order valence-corrected chi connectivity index (χ4v) is 3.46. The summed E-state index contributed by atoms with van der Waals surface area (Å²) in [4.78, 5) is 17.0. The third-order valence-electron chi connectivity index (χ3n) is 4.08. The molecule has 2 heterocycles. The van der Waals surface area contributed by atoms with E-state index in [9.17, 15) is 18.0 Å². The van der Waals surface area contributed by atoms with Crippen molar-refractivity contribution in [2.45, 2.75) is 12.6 Å². The van der Waals surface area contributed by atoms with Crippen LogP contribution in [0, 0.1) is 0 Å². The van der Waals surface area contributed by atoms with Gasteiger partial charge in [-0.15, -0.1) is 11.3 Å². The maximum atomic E-state index is 12.8. The van der Waals surface area contributed by atoms with Crippen molar-refractivity contribution < 1.29 is 18.0 Å². The normalized spacial score (nSPS) is 15.6. The van der Waals surface area contributed by atoms with Crippen molar-refractivity contribution in [3.05, 3.63) is 52.2 Å². The molecule has 0 bridgehead atoms. The van der Waals surface area contributed by atoms with Gasteiger partial charge in [-0.25, -0.2) is 0 Å². The van der Waals surface area contributed by atoms with E-state index in [2.05, 4.69) is 0 Å². The molecule has 7 heteroatoms. The van der Waals surface area contributed by atoms with E-state index in [0.717, 1.165) is 10.9 Å². The molecular formula is C17H17F3N2OS. The number of hydrogen-bond acceptors (Lipinski definition) is 3. The zero-order valence-corrected chi connectivity index (χ0v) is 13.7. The molecule has 0 unspecified atom stereocenters. The van der Waals surface area contributed by atoms with E-state index >= 15 is 0 Å². The van der Waals surface area contributed by atoms with Gasteiger partial charge in [-0.2, -0.15) is 13.2 Å². The van der Waals surface area contributed by atoms with Crippen LogP contribution in [-0.4, -0.2) is 37.0 Å². The third kappa shape index (κ3) is 3.90. The van der Waals surface area contributed by atoms with Gasteiger partial charge in [0.1, 0.15) is 0 Å². The molecule has 0 radical (unpaired) electrons. The van der Waals surface area contributed by atoms with Crippen LogP contribution in [0.5, 0.6) is 0 Å². The molecule has 2 aromatic rings. The number of amides is 1. The minimum absolute atomic E-state index is 0.0705. The number of hydrogen-bond donors (Lipinski definition) is 0. The summed E-state index contributed by atoms with van der Waals surface area (Å²) in [6.07, 6.45) is -3.95. The number of anilines is 1. The molecule has 1 amide bonds. The maximum Gasteiger partial charge on any atom is 0.416 e. The Bertz CT molecular complexity index is 692. The topological polar surface area (TPSA) is 23.6 Å². The van der Waals surface area contributed by atoms with Crippen LogP contribution in [0.25, 0.3) is 0 Å². The Hall–Kier alpha value is -2.02.